The van der Waals surface area contributed by atoms with E-state index in [-0.39, 0.29) is 11.4 Å². The number of carbonyl (C=O) groups is 1. The van der Waals surface area contributed by atoms with Crippen molar-refractivity contribution in [3.63, 3.8) is 0 Å². The SMILES string of the molecule is CCSNC(=O)N1CS(=N)CC(C)(C)C1. The van der Waals surface area contributed by atoms with Crippen molar-refractivity contribution >= 4 is 28.7 Å². The van der Waals surface area contributed by atoms with Gasteiger partial charge in [0.05, 0.1) is 5.88 Å². The first-order valence-corrected chi connectivity index (χ1v) is 7.55. The van der Waals surface area contributed by atoms with Gasteiger partial charge in [0.15, 0.2) is 0 Å². The van der Waals surface area contributed by atoms with E-state index in [9.17, 15) is 4.79 Å². The van der Waals surface area contributed by atoms with Gasteiger partial charge in [0.1, 0.15) is 0 Å². The van der Waals surface area contributed by atoms with E-state index in [2.05, 4.69) is 18.6 Å². The molecule has 88 valence electrons. The molecular formula is C9H19N3OS2. The Balaban J connectivity index is 2.54. The first kappa shape index (κ1) is 12.8. The fourth-order valence-corrected chi connectivity index (χ4v) is 3.75. The molecule has 1 saturated heterocycles. The zero-order valence-corrected chi connectivity index (χ0v) is 11.1. The third kappa shape index (κ3) is 4.03. The van der Waals surface area contributed by atoms with Gasteiger partial charge in [-0.25, -0.2) is 4.79 Å². The van der Waals surface area contributed by atoms with E-state index in [4.69, 9.17) is 4.78 Å². The van der Waals surface area contributed by atoms with Crippen LogP contribution in [0.15, 0.2) is 0 Å². The highest BCUT2D eigenvalue weighted by Gasteiger charge is 2.31. The number of amides is 2. The van der Waals surface area contributed by atoms with E-state index in [1.54, 1.807) is 4.90 Å². The Morgan fingerprint density at radius 1 is 1.67 bits per heavy atom. The van der Waals surface area contributed by atoms with Crippen molar-refractivity contribution in [2.75, 3.05) is 23.9 Å². The molecule has 0 saturated carbocycles. The number of nitrogens with one attached hydrogen (secondary N) is 2. The smallest absolute Gasteiger partial charge is 0.313 e. The molecule has 0 bridgehead atoms. The Kier molecular flexibility index (Phi) is 4.45. The molecule has 0 aromatic carbocycles. The Labute approximate surface area is 98.2 Å². The molecule has 1 atom stereocenters. The molecule has 1 rings (SSSR count). The first-order valence-electron chi connectivity index (χ1n) is 5.00. The summed E-state index contributed by atoms with van der Waals surface area (Å²) < 4.78 is 10.6. The van der Waals surface area contributed by atoms with Gasteiger partial charge in [-0.1, -0.05) is 31.5 Å². The molecular weight excluding hydrogens is 230 g/mol. The highest BCUT2D eigenvalue weighted by Crippen LogP contribution is 2.24. The van der Waals surface area contributed by atoms with Crippen molar-refractivity contribution < 1.29 is 4.79 Å². The topological polar surface area (TPSA) is 56.2 Å². The molecule has 0 aromatic heterocycles. The summed E-state index contributed by atoms with van der Waals surface area (Å²) in [5, 5.41) is 0. The summed E-state index contributed by atoms with van der Waals surface area (Å²) in [6.45, 7) is 6.99. The van der Waals surface area contributed by atoms with Crippen LogP contribution in [0.1, 0.15) is 20.8 Å². The average molecular weight is 249 g/mol. The molecule has 4 nitrogen and oxygen atoms in total. The number of hydrogen-bond acceptors (Lipinski definition) is 3. The lowest BCUT2D eigenvalue weighted by molar-refractivity contribution is 0.187. The van der Waals surface area contributed by atoms with Crippen molar-refractivity contribution in [3.05, 3.63) is 0 Å². The quantitative estimate of drug-likeness (QED) is 0.736. The van der Waals surface area contributed by atoms with Gasteiger partial charge in [-0.3, -0.25) is 9.50 Å². The van der Waals surface area contributed by atoms with Gasteiger partial charge in [0, 0.05) is 18.1 Å². The fraction of sp³-hybridized carbons (Fsp3) is 0.889. The fourth-order valence-electron chi connectivity index (χ4n) is 1.64. The molecule has 0 radical (unpaired) electrons. The number of hydrogen-bond donors (Lipinski definition) is 2. The van der Waals surface area contributed by atoms with Crippen molar-refractivity contribution in [1.82, 2.24) is 9.62 Å². The summed E-state index contributed by atoms with van der Waals surface area (Å²) in [4.78, 5) is 13.5. The molecule has 1 unspecified atom stereocenters. The van der Waals surface area contributed by atoms with Crippen molar-refractivity contribution in [2.24, 2.45) is 5.41 Å². The van der Waals surface area contributed by atoms with Gasteiger partial charge in [0.25, 0.3) is 0 Å². The predicted octanol–water partition coefficient (Wildman–Crippen LogP) is 2.04. The minimum absolute atomic E-state index is 0.0422. The second-order valence-corrected chi connectivity index (χ2v) is 7.07. The van der Waals surface area contributed by atoms with Crippen molar-refractivity contribution in [1.29, 1.82) is 4.78 Å². The molecule has 1 aliphatic heterocycles. The summed E-state index contributed by atoms with van der Waals surface area (Å²) in [7, 11) is -0.410. The number of nitrogens with zero attached hydrogens (tertiary/aromatic N) is 1. The molecule has 15 heavy (non-hydrogen) atoms. The van der Waals surface area contributed by atoms with Crippen LogP contribution in [0.2, 0.25) is 0 Å². The van der Waals surface area contributed by atoms with Gasteiger partial charge in [-0.05, 0) is 17.4 Å². The molecule has 2 N–H and O–H groups in total. The molecule has 1 fully saturated rings. The highest BCUT2D eigenvalue weighted by molar-refractivity contribution is 7.97. The van der Waals surface area contributed by atoms with Gasteiger partial charge < -0.3 is 4.90 Å². The van der Waals surface area contributed by atoms with Gasteiger partial charge in [-0.15, -0.1) is 0 Å². The standard InChI is InChI=1S/C9H19N3OS2/c1-4-14-11-8(13)12-5-9(2,3)6-15(10)7-12/h10H,4-7H2,1-3H3,(H,11,13). The first-order chi connectivity index (χ1) is 6.94. The van der Waals surface area contributed by atoms with E-state index < -0.39 is 10.7 Å². The Morgan fingerprint density at radius 3 is 2.87 bits per heavy atom. The Morgan fingerprint density at radius 2 is 2.33 bits per heavy atom. The van der Waals surface area contributed by atoms with Crippen LogP contribution in [-0.2, 0) is 10.7 Å². The van der Waals surface area contributed by atoms with Crippen LogP contribution in [0.25, 0.3) is 0 Å². The summed E-state index contributed by atoms with van der Waals surface area (Å²) in [6, 6.07) is -0.0422. The van der Waals surface area contributed by atoms with Gasteiger partial charge in [0.2, 0.25) is 0 Å². The third-order valence-electron chi connectivity index (χ3n) is 2.09. The van der Waals surface area contributed by atoms with Crippen LogP contribution in [0.4, 0.5) is 4.79 Å². The molecule has 6 heteroatoms. The van der Waals surface area contributed by atoms with Crippen molar-refractivity contribution in [2.45, 2.75) is 20.8 Å². The lowest BCUT2D eigenvalue weighted by Crippen LogP contribution is -2.50. The largest absolute Gasteiger partial charge is 0.328 e. The molecule has 0 aliphatic carbocycles. The summed E-state index contributed by atoms with van der Waals surface area (Å²) in [5.74, 6) is 2.35. The maximum Gasteiger partial charge on any atom is 0.328 e. The van der Waals surface area contributed by atoms with Crippen LogP contribution in [0.5, 0.6) is 0 Å². The minimum Gasteiger partial charge on any atom is -0.313 e. The molecule has 0 spiro atoms. The summed E-state index contributed by atoms with van der Waals surface area (Å²) >= 11 is 1.41. The molecule has 1 heterocycles. The monoisotopic (exact) mass is 249 g/mol. The van der Waals surface area contributed by atoms with Crippen LogP contribution >= 0.6 is 11.9 Å². The normalized spacial score (nSPS) is 25.0. The zero-order valence-electron chi connectivity index (χ0n) is 9.50. The Bertz CT molecular complexity index is 268. The van der Waals surface area contributed by atoms with Crippen molar-refractivity contribution in [3.8, 4) is 0 Å². The molecule has 0 aromatic rings. The van der Waals surface area contributed by atoms with E-state index in [1.165, 1.54) is 11.9 Å². The van der Waals surface area contributed by atoms with Crippen LogP contribution in [0, 0.1) is 10.2 Å². The second-order valence-electron chi connectivity index (χ2n) is 4.47. The maximum atomic E-state index is 11.7. The second kappa shape index (κ2) is 5.21. The number of carbonyl (C=O) groups excluding carboxylic acids is 1. The zero-order chi connectivity index (χ0) is 11.5. The maximum absolute atomic E-state index is 11.7. The minimum atomic E-state index is -0.410. The van der Waals surface area contributed by atoms with Gasteiger partial charge in [-0.2, -0.15) is 0 Å². The van der Waals surface area contributed by atoms with Crippen LogP contribution < -0.4 is 4.72 Å². The molecule has 1 aliphatic rings. The number of urea groups is 1. The van der Waals surface area contributed by atoms with E-state index in [0.717, 1.165) is 18.1 Å². The molecule has 2 amide bonds. The lowest BCUT2D eigenvalue weighted by atomic mass is 9.96. The van der Waals surface area contributed by atoms with E-state index >= 15 is 0 Å². The van der Waals surface area contributed by atoms with Gasteiger partial charge >= 0.3 is 6.03 Å². The van der Waals surface area contributed by atoms with Crippen LogP contribution in [0.3, 0.4) is 0 Å². The summed E-state index contributed by atoms with van der Waals surface area (Å²) in [5.41, 5.74) is 0.0807. The third-order valence-corrected chi connectivity index (χ3v) is 4.45. The lowest BCUT2D eigenvalue weighted by Gasteiger charge is -2.38. The summed E-state index contributed by atoms with van der Waals surface area (Å²) in [6.07, 6.45) is 0. The highest BCUT2D eigenvalue weighted by atomic mass is 32.2. The number of rotatable bonds is 2. The predicted molar refractivity (Wildman–Crippen MR) is 67.0 cm³/mol. The Hall–Kier alpha value is -0.230. The van der Waals surface area contributed by atoms with E-state index in [0.29, 0.717) is 5.88 Å². The van der Waals surface area contributed by atoms with Crippen LogP contribution in [-0.4, -0.2) is 34.9 Å². The van der Waals surface area contributed by atoms with E-state index in [1.807, 2.05) is 6.92 Å². The average Bonchev–Trinajstić information content (AvgIpc) is 2.10.